The summed E-state index contributed by atoms with van der Waals surface area (Å²) in [6, 6.07) is 19.6. The fraction of sp³-hybridized carbons (Fsp3) is 0.267. The van der Waals surface area contributed by atoms with Crippen LogP contribution in [0.4, 0.5) is 39.8 Å². The third-order valence-electron chi connectivity index (χ3n) is 6.54. The molecular weight excluding hydrogens is 546 g/mol. The van der Waals surface area contributed by atoms with Crippen molar-refractivity contribution in [2.24, 2.45) is 43.4 Å². The van der Waals surface area contributed by atoms with Gasteiger partial charge in [-0.05, 0) is 66.7 Å². The maximum absolute atomic E-state index is 11.7. The predicted molar refractivity (Wildman–Crippen MR) is 174 cm³/mol. The number of nitrogens with zero attached hydrogens (tertiary/aromatic N) is 5. The van der Waals surface area contributed by atoms with Crippen LogP contribution in [0.25, 0.3) is 10.8 Å². The summed E-state index contributed by atoms with van der Waals surface area (Å²) >= 11 is 0. The van der Waals surface area contributed by atoms with Crippen molar-refractivity contribution in [3.63, 3.8) is 0 Å². The van der Waals surface area contributed by atoms with Gasteiger partial charge in [-0.2, -0.15) is 10.2 Å². The first-order valence-corrected chi connectivity index (χ1v) is 14.1. The Labute approximate surface area is 250 Å². The molecule has 0 saturated carbocycles. The van der Waals surface area contributed by atoms with Crippen LogP contribution < -0.4 is 38.5 Å². The van der Waals surface area contributed by atoms with E-state index >= 15 is 0 Å². The van der Waals surface area contributed by atoms with Gasteiger partial charge in [0.25, 0.3) is 0 Å². The molecule has 4 rings (SSSR count). The zero-order valence-corrected chi connectivity index (χ0v) is 23.9. The lowest BCUT2D eigenvalue weighted by atomic mass is 10.0. The van der Waals surface area contributed by atoms with Crippen LogP contribution in [0.5, 0.6) is 11.5 Å². The summed E-state index contributed by atoms with van der Waals surface area (Å²) in [6.45, 7) is 4.07. The monoisotopic (exact) mass is 585 g/mol. The Morgan fingerprint density at radius 1 is 0.628 bits per heavy atom. The number of hydrogen-bond acceptors (Lipinski definition) is 13. The van der Waals surface area contributed by atoms with E-state index in [0.717, 1.165) is 11.4 Å². The summed E-state index contributed by atoms with van der Waals surface area (Å²) in [6.07, 6.45) is 0. The van der Waals surface area contributed by atoms with Gasteiger partial charge in [-0.25, -0.2) is 0 Å². The summed E-state index contributed by atoms with van der Waals surface area (Å²) < 4.78 is 0. The van der Waals surface area contributed by atoms with Crippen LogP contribution in [-0.4, -0.2) is 62.6 Å². The lowest BCUT2D eigenvalue weighted by Gasteiger charge is -2.26. The van der Waals surface area contributed by atoms with Gasteiger partial charge in [0.15, 0.2) is 11.4 Å². The fourth-order valence-corrected chi connectivity index (χ4v) is 4.48. The molecule has 0 spiro atoms. The minimum atomic E-state index is -0.206. The van der Waals surface area contributed by atoms with E-state index in [4.69, 9.17) is 22.9 Å². The third kappa shape index (κ3) is 7.93. The molecule has 0 saturated heterocycles. The van der Waals surface area contributed by atoms with Gasteiger partial charge in [-0.3, -0.25) is 0 Å². The normalized spacial score (nSPS) is 11.5. The molecule has 13 heteroatoms. The minimum absolute atomic E-state index is 0.0367. The summed E-state index contributed by atoms with van der Waals surface area (Å²) in [7, 11) is 0. The number of phenolic OH excluding ortho intramolecular Hbond substituents is 2. The molecule has 0 unspecified atom stereocenters. The van der Waals surface area contributed by atoms with Crippen molar-refractivity contribution in [2.75, 3.05) is 67.9 Å². The molecule has 0 aliphatic carbocycles. The maximum Gasteiger partial charge on any atom is 0.156 e. The Morgan fingerprint density at radius 2 is 1.16 bits per heavy atom. The highest BCUT2D eigenvalue weighted by Crippen LogP contribution is 2.49. The average Bonchev–Trinajstić information content (AvgIpc) is 3.03. The van der Waals surface area contributed by atoms with Crippen molar-refractivity contribution in [2.45, 2.75) is 0 Å². The molecular formula is C30H39N11O2. The number of nitrogens with two attached hydrogens (primary N) is 4. The molecule has 13 nitrogen and oxygen atoms in total. The molecule has 0 amide bonds. The zero-order valence-electron chi connectivity index (χ0n) is 23.9. The highest BCUT2D eigenvalue weighted by atomic mass is 16.3. The zero-order chi connectivity index (χ0) is 30.6. The number of phenols is 2. The van der Waals surface area contributed by atoms with Crippen molar-refractivity contribution in [3.05, 3.63) is 66.7 Å². The summed E-state index contributed by atoms with van der Waals surface area (Å²) in [5, 5.41) is 47.2. The lowest BCUT2D eigenvalue weighted by Crippen LogP contribution is -2.34. The van der Waals surface area contributed by atoms with Gasteiger partial charge in [0.05, 0.1) is 16.8 Å². The number of aromatic hydroxyl groups is 2. The predicted octanol–water partition coefficient (Wildman–Crippen LogP) is 4.55. The minimum Gasteiger partial charge on any atom is -0.507 e. The van der Waals surface area contributed by atoms with E-state index < -0.39 is 0 Å². The Kier molecular flexibility index (Phi) is 11.2. The molecule has 0 aliphatic heterocycles. The number of anilines is 3. The first kappa shape index (κ1) is 31.1. The summed E-state index contributed by atoms with van der Waals surface area (Å²) in [5.41, 5.74) is 26.8. The molecule has 43 heavy (non-hydrogen) atoms. The SMILES string of the molecule is NCCNc1ccc(N=Nc2cc3c(O)ccc(N(CCN)CCN)c3c(O)c2N=Nc2ccc(NCCN)cc2)cc1. The molecule has 0 heterocycles. The van der Waals surface area contributed by atoms with Crippen LogP contribution >= 0.6 is 0 Å². The van der Waals surface area contributed by atoms with Gasteiger partial charge >= 0.3 is 0 Å². The summed E-state index contributed by atoms with van der Waals surface area (Å²) in [5.74, 6) is -0.243. The topological polar surface area (TPSA) is 221 Å². The van der Waals surface area contributed by atoms with Crippen LogP contribution in [-0.2, 0) is 0 Å². The first-order chi connectivity index (χ1) is 21.0. The molecule has 0 fully saturated rings. The van der Waals surface area contributed by atoms with Crippen molar-refractivity contribution in [1.29, 1.82) is 0 Å². The number of benzene rings is 4. The molecule has 0 aromatic heterocycles. The molecule has 4 aromatic rings. The molecule has 0 aliphatic rings. The van der Waals surface area contributed by atoms with Crippen LogP contribution in [0, 0.1) is 0 Å². The summed E-state index contributed by atoms with van der Waals surface area (Å²) in [4.78, 5) is 1.96. The number of fused-ring (bicyclic) bond motifs is 1. The average molecular weight is 586 g/mol. The van der Waals surface area contributed by atoms with E-state index in [1.165, 1.54) is 0 Å². The maximum atomic E-state index is 11.7. The van der Waals surface area contributed by atoms with E-state index in [-0.39, 0.29) is 22.9 Å². The van der Waals surface area contributed by atoms with Gasteiger partial charge in [0.2, 0.25) is 0 Å². The van der Waals surface area contributed by atoms with Gasteiger partial charge in [0, 0.05) is 74.8 Å². The number of nitrogens with one attached hydrogen (secondary N) is 2. The van der Waals surface area contributed by atoms with Crippen molar-refractivity contribution in [1.82, 2.24) is 0 Å². The molecule has 4 aromatic carbocycles. The van der Waals surface area contributed by atoms with Crippen molar-refractivity contribution in [3.8, 4) is 11.5 Å². The van der Waals surface area contributed by atoms with Crippen molar-refractivity contribution < 1.29 is 10.2 Å². The highest BCUT2D eigenvalue weighted by Gasteiger charge is 2.21. The Balaban J connectivity index is 1.81. The van der Waals surface area contributed by atoms with E-state index in [1.54, 1.807) is 42.5 Å². The highest BCUT2D eigenvalue weighted by molar-refractivity contribution is 6.07. The van der Waals surface area contributed by atoms with E-state index in [1.807, 2.05) is 29.2 Å². The molecule has 226 valence electrons. The molecule has 0 radical (unpaired) electrons. The van der Waals surface area contributed by atoms with E-state index in [9.17, 15) is 10.2 Å². The van der Waals surface area contributed by atoms with Gasteiger partial charge in [-0.15, -0.1) is 10.2 Å². The molecule has 0 atom stereocenters. The van der Waals surface area contributed by atoms with Crippen LogP contribution in [0.1, 0.15) is 0 Å². The van der Waals surface area contributed by atoms with E-state index in [2.05, 4.69) is 31.1 Å². The standard InChI is InChI=1S/C30H39N11O2/c31-11-15-35-20-1-5-22(6-2-20)37-39-25-19-24-27(42)10-9-26(41(17-13-33)18-14-34)28(24)30(43)29(25)40-38-23-7-3-21(4-8-23)36-16-12-32/h1-10,19,35-36,42-43H,11-18,31-34H2. The fourth-order valence-electron chi connectivity index (χ4n) is 4.48. The quantitative estimate of drug-likeness (QED) is 0.0915. The Bertz CT molecular complexity index is 1540. The second kappa shape index (κ2) is 15.4. The lowest BCUT2D eigenvalue weighted by molar-refractivity contribution is 0.476. The third-order valence-corrected chi connectivity index (χ3v) is 6.54. The second-order valence-electron chi connectivity index (χ2n) is 9.61. The Morgan fingerprint density at radius 3 is 1.67 bits per heavy atom. The first-order valence-electron chi connectivity index (χ1n) is 14.1. The largest absolute Gasteiger partial charge is 0.507 e. The second-order valence-corrected chi connectivity index (χ2v) is 9.61. The van der Waals surface area contributed by atoms with Gasteiger partial charge in [0.1, 0.15) is 11.4 Å². The van der Waals surface area contributed by atoms with Crippen LogP contribution in [0.3, 0.4) is 0 Å². The van der Waals surface area contributed by atoms with Crippen LogP contribution in [0.15, 0.2) is 87.2 Å². The van der Waals surface area contributed by atoms with E-state index in [0.29, 0.717) is 80.2 Å². The van der Waals surface area contributed by atoms with Gasteiger partial charge in [-0.1, -0.05) is 0 Å². The Hall–Kier alpha value is -4.82. The number of hydrogen-bond donors (Lipinski definition) is 8. The molecule has 12 N–H and O–H groups in total. The number of rotatable bonds is 15. The van der Waals surface area contributed by atoms with Crippen molar-refractivity contribution >= 4 is 50.6 Å². The smallest absolute Gasteiger partial charge is 0.156 e. The molecule has 0 bridgehead atoms. The number of azo groups is 2. The van der Waals surface area contributed by atoms with Gasteiger partial charge < -0.3 is 48.7 Å². The van der Waals surface area contributed by atoms with Crippen LogP contribution in [0.2, 0.25) is 0 Å².